The number of rotatable bonds is 1. The first-order valence-corrected chi connectivity index (χ1v) is 7.35. The van der Waals surface area contributed by atoms with Gasteiger partial charge in [0, 0.05) is 16.7 Å². The highest BCUT2D eigenvalue weighted by Gasteiger charge is 2.38. The largest absolute Gasteiger partial charge is 0.456 e. The van der Waals surface area contributed by atoms with Crippen molar-refractivity contribution in [1.29, 1.82) is 0 Å². The fraction of sp³-hybridized carbons (Fsp3) is 0.278. The molecule has 0 fully saturated rings. The molecule has 0 aliphatic heterocycles. The summed E-state index contributed by atoms with van der Waals surface area (Å²) in [5.74, 6) is -0.920. The Kier molecular flexibility index (Phi) is 3.25. The van der Waals surface area contributed by atoms with Gasteiger partial charge >= 0.3 is 0 Å². The number of amides is 1. The molecule has 0 spiro atoms. The van der Waals surface area contributed by atoms with Crippen molar-refractivity contribution < 1.29 is 18.8 Å². The van der Waals surface area contributed by atoms with Gasteiger partial charge in [-0.3, -0.25) is 14.4 Å². The number of ketones is 2. The van der Waals surface area contributed by atoms with Crippen LogP contribution >= 0.6 is 0 Å². The van der Waals surface area contributed by atoms with Crippen LogP contribution in [0.1, 0.15) is 68.9 Å². The Morgan fingerprint density at radius 2 is 1.61 bits per heavy atom. The number of aryl methyl sites for hydroxylation is 1. The molecule has 5 nitrogen and oxygen atoms in total. The van der Waals surface area contributed by atoms with Crippen molar-refractivity contribution in [2.75, 3.05) is 0 Å². The van der Waals surface area contributed by atoms with Crippen LogP contribution in [0, 0.1) is 6.92 Å². The van der Waals surface area contributed by atoms with Crippen molar-refractivity contribution in [3.8, 4) is 0 Å². The second-order valence-corrected chi connectivity index (χ2v) is 6.65. The zero-order valence-electron chi connectivity index (χ0n) is 13.4. The fourth-order valence-electron chi connectivity index (χ4n) is 2.73. The van der Waals surface area contributed by atoms with E-state index in [1.54, 1.807) is 31.2 Å². The molecular formula is C18H17NO4. The van der Waals surface area contributed by atoms with Crippen LogP contribution in [0.3, 0.4) is 0 Å². The van der Waals surface area contributed by atoms with E-state index in [4.69, 9.17) is 4.42 Å². The number of benzene rings is 1. The summed E-state index contributed by atoms with van der Waals surface area (Å²) in [5, 5.41) is 2.81. The maximum Gasteiger partial charge on any atom is 0.256 e. The third-order valence-corrected chi connectivity index (χ3v) is 3.65. The molecule has 1 aliphatic rings. The van der Waals surface area contributed by atoms with Gasteiger partial charge in [0.05, 0.1) is 11.1 Å². The molecule has 0 bridgehead atoms. The van der Waals surface area contributed by atoms with Gasteiger partial charge in [-0.05, 0) is 27.7 Å². The highest BCUT2D eigenvalue weighted by atomic mass is 16.4. The Bertz CT molecular complexity index is 852. The molecule has 1 heterocycles. The van der Waals surface area contributed by atoms with E-state index in [0.29, 0.717) is 11.1 Å². The molecule has 0 atom stereocenters. The van der Waals surface area contributed by atoms with Crippen LogP contribution in [0.5, 0.6) is 0 Å². The molecule has 1 aromatic heterocycles. The molecule has 3 rings (SSSR count). The Balaban J connectivity index is 2.18. The Hall–Kier alpha value is -2.69. The number of hydrogen-bond donors (Lipinski definition) is 1. The molecule has 1 amide bonds. The summed E-state index contributed by atoms with van der Waals surface area (Å²) >= 11 is 0. The minimum absolute atomic E-state index is 0.0507. The second-order valence-electron chi connectivity index (χ2n) is 6.65. The molecule has 0 saturated heterocycles. The van der Waals surface area contributed by atoms with Crippen molar-refractivity contribution in [3.05, 3.63) is 58.0 Å². The summed E-state index contributed by atoms with van der Waals surface area (Å²) in [6.45, 7) is 7.11. The lowest BCUT2D eigenvalue weighted by atomic mass is 9.86. The van der Waals surface area contributed by atoms with Gasteiger partial charge in [-0.25, -0.2) is 0 Å². The summed E-state index contributed by atoms with van der Waals surface area (Å²) in [5.41, 5.74) is 0.348. The first-order chi connectivity index (χ1) is 10.7. The van der Waals surface area contributed by atoms with E-state index in [1.165, 1.54) is 0 Å². The molecule has 2 aromatic rings. The number of fused-ring (bicyclic) bond motifs is 2. The van der Waals surface area contributed by atoms with Crippen molar-refractivity contribution >= 4 is 17.5 Å². The smallest absolute Gasteiger partial charge is 0.256 e. The van der Waals surface area contributed by atoms with Crippen LogP contribution in [-0.2, 0) is 0 Å². The normalized spacial score (nSPS) is 13.6. The maximum atomic E-state index is 12.8. The zero-order valence-corrected chi connectivity index (χ0v) is 13.4. The number of carbonyl (C=O) groups is 3. The van der Waals surface area contributed by atoms with Gasteiger partial charge in [0.25, 0.3) is 5.91 Å². The average molecular weight is 311 g/mol. The Labute approximate surface area is 133 Å². The molecule has 0 unspecified atom stereocenters. The summed E-state index contributed by atoms with van der Waals surface area (Å²) in [6, 6.07) is 6.56. The topological polar surface area (TPSA) is 76.4 Å². The van der Waals surface area contributed by atoms with Crippen LogP contribution in [-0.4, -0.2) is 23.0 Å². The number of furan rings is 1. The summed E-state index contributed by atoms with van der Waals surface area (Å²) in [7, 11) is 0. The Morgan fingerprint density at radius 3 is 2.17 bits per heavy atom. The predicted molar refractivity (Wildman–Crippen MR) is 84.0 cm³/mol. The van der Waals surface area contributed by atoms with E-state index in [9.17, 15) is 14.4 Å². The van der Waals surface area contributed by atoms with Gasteiger partial charge in [0.1, 0.15) is 5.76 Å². The van der Waals surface area contributed by atoms with E-state index in [2.05, 4.69) is 5.32 Å². The van der Waals surface area contributed by atoms with Crippen LogP contribution in [0.15, 0.2) is 28.7 Å². The maximum absolute atomic E-state index is 12.8. The minimum atomic E-state index is -0.465. The summed E-state index contributed by atoms with van der Waals surface area (Å²) in [4.78, 5) is 37.9. The molecule has 5 heteroatoms. The highest BCUT2D eigenvalue weighted by molar-refractivity contribution is 6.30. The third-order valence-electron chi connectivity index (χ3n) is 3.65. The van der Waals surface area contributed by atoms with E-state index in [1.807, 2.05) is 20.8 Å². The molecule has 1 N–H and O–H groups in total. The molecule has 1 aliphatic carbocycles. The van der Waals surface area contributed by atoms with E-state index < -0.39 is 11.4 Å². The lowest BCUT2D eigenvalue weighted by Crippen LogP contribution is -2.41. The molecule has 0 radical (unpaired) electrons. The van der Waals surface area contributed by atoms with Crippen LogP contribution in [0.2, 0.25) is 0 Å². The van der Waals surface area contributed by atoms with Crippen molar-refractivity contribution in [3.63, 3.8) is 0 Å². The number of carbonyl (C=O) groups excluding carboxylic acids is 3. The van der Waals surface area contributed by atoms with Gasteiger partial charge in [-0.15, -0.1) is 0 Å². The highest BCUT2D eigenvalue weighted by Crippen LogP contribution is 2.33. The van der Waals surface area contributed by atoms with Gasteiger partial charge < -0.3 is 9.73 Å². The monoisotopic (exact) mass is 311 g/mol. The van der Waals surface area contributed by atoms with Gasteiger partial charge in [0.15, 0.2) is 11.5 Å². The van der Waals surface area contributed by atoms with Crippen molar-refractivity contribution in [2.24, 2.45) is 0 Å². The van der Waals surface area contributed by atoms with Gasteiger partial charge in [-0.2, -0.15) is 0 Å². The van der Waals surface area contributed by atoms with Gasteiger partial charge in [0.2, 0.25) is 5.78 Å². The first kappa shape index (κ1) is 15.2. The molecule has 118 valence electrons. The number of hydrogen-bond acceptors (Lipinski definition) is 4. The van der Waals surface area contributed by atoms with E-state index >= 15 is 0 Å². The third kappa shape index (κ3) is 2.38. The predicted octanol–water partition coefficient (Wildman–Crippen LogP) is 2.89. The molecular weight excluding hydrogens is 294 g/mol. The second kappa shape index (κ2) is 4.91. The first-order valence-electron chi connectivity index (χ1n) is 7.35. The quantitative estimate of drug-likeness (QED) is 0.749. The summed E-state index contributed by atoms with van der Waals surface area (Å²) < 4.78 is 5.48. The van der Waals surface area contributed by atoms with Crippen LogP contribution in [0.4, 0.5) is 0 Å². The number of nitrogens with one attached hydrogen (secondary N) is 1. The molecule has 23 heavy (non-hydrogen) atoms. The van der Waals surface area contributed by atoms with Crippen molar-refractivity contribution in [1.82, 2.24) is 5.32 Å². The minimum Gasteiger partial charge on any atom is -0.456 e. The SMILES string of the molecule is Cc1oc2c(c1C(=O)NC(C)(C)C)C(=O)c1ccccc1C2=O. The van der Waals surface area contributed by atoms with Crippen molar-refractivity contribution in [2.45, 2.75) is 33.2 Å². The standard InChI is InChI=1S/C18H17NO4/c1-9-12(17(22)19-18(2,3)4)13-14(20)10-7-5-6-8-11(10)15(21)16(13)23-9/h5-8H,1-4H3,(H,19,22). The lowest BCUT2D eigenvalue weighted by molar-refractivity contribution is 0.0909. The Morgan fingerprint density at radius 1 is 1.04 bits per heavy atom. The van der Waals surface area contributed by atoms with Crippen LogP contribution < -0.4 is 5.32 Å². The summed E-state index contributed by atoms with van der Waals surface area (Å²) in [6.07, 6.45) is 0. The molecule has 1 aromatic carbocycles. The fourth-order valence-corrected chi connectivity index (χ4v) is 2.73. The van der Waals surface area contributed by atoms with E-state index in [0.717, 1.165) is 0 Å². The van der Waals surface area contributed by atoms with E-state index in [-0.39, 0.29) is 34.2 Å². The average Bonchev–Trinajstić information content (AvgIpc) is 2.81. The molecule has 0 saturated carbocycles. The van der Waals surface area contributed by atoms with Crippen LogP contribution in [0.25, 0.3) is 0 Å². The lowest BCUT2D eigenvalue weighted by Gasteiger charge is -2.21. The van der Waals surface area contributed by atoms with Gasteiger partial charge in [-0.1, -0.05) is 24.3 Å². The zero-order chi connectivity index (χ0) is 16.9.